The molecule has 90 valence electrons. The molecule has 0 saturated carbocycles. The SMILES string of the molecule is O=[N+]([O-])c1cc2c(cc1[C@@H]1CCCN1)CCC2. The van der Waals surface area contributed by atoms with Crippen LogP contribution in [0.15, 0.2) is 12.1 Å². The first-order chi connectivity index (χ1) is 8.25. The van der Waals surface area contributed by atoms with E-state index in [0.29, 0.717) is 5.69 Å². The van der Waals surface area contributed by atoms with Crippen LogP contribution in [0.2, 0.25) is 0 Å². The lowest BCUT2D eigenvalue weighted by atomic mass is 9.98. The van der Waals surface area contributed by atoms with Crippen LogP contribution in [0.3, 0.4) is 0 Å². The van der Waals surface area contributed by atoms with Gasteiger partial charge in [-0.05, 0) is 55.8 Å². The molecule has 17 heavy (non-hydrogen) atoms. The smallest absolute Gasteiger partial charge is 0.274 e. The number of rotatable bonds is 2. The van der Waals surface area contributed by atoms with Crippen LogP contribution in [0.5, 0.6) is 0 Å². The Labute approximate surface area is 100 Å². The predicted molar refractivity (Wildman–Crippen MR) is 65.1 cm³/mol. The average Bonchev–Trinajstić information content (AvgIpc) is 2.98. The van der Waals surface area contributed by atoms with Crippen molar-refractivity contribution in [3.05, 3.63) is 38.9 Å². The number of benzene rings is 1. The zero-order valence-electron chi connectivity index (χ0n) is 9.74. The third kappa shape index (κ3) is 1.82. The minimum Gasteiger partial charge on any atom is -0.310 e. The van der Waals surface area contributed by atoms with Gasteiger partial charge in [0, 0.05) is 17.7 Å². The first kappa shape index (κ1) is 10.7. The Balaban J connectivity index is 2.07. The van der Waals surface area contributed by atoms with Gasteiger partial charge in [0.05, 0.1) is 4.92 Å². The molecule has 0 bridgehead atoms. The van der Waals surface area contributed by atoms with Gasteiger partial charge in [0.2, 0.25) is 0 Å². The fourth-order valence-corrected chi connectivity index (χ4v) is 3.02. The minimum atomic E-state index is -0.228. The molecule has 2 aliphatic rings. The van der Waals surface area contributed by atoms with E-state index < -0.39 is 0 Å². The number of nitrogens with one attached hydrogen (secondary N) is 1. The molecule has 0 aromatic heterocycles. The number of hydrogen-bond donors (Lipinski definition) is 1. The lowest BCUT2D eigenvalue weighted by Gasteiger charge is -2.13. The maximum atomic E-state index is 11.2. The molecule has 0 spiro atoms. The number of fused-ring (bicyclic) bond motifs is 1. The monoisotopic (exact) mass is 232 g/mol. The molecular weight excluding hydrogens is 216 g/mol. The molecule has 1 heterocycles. The average molecular weight is 232 g/mol. The van der Waals surface area contributed by atoms with Crippen molar-refractivity contribution in [2.45, 2.75) is 38.1 Å². The van der Waals surface area contributed by atoms with Gasteiger partial charge in [0.25, 0.3) is 5.69 Å². The number of nitro benzene ring substituents is 1. The Morgan fingerprint density at radius 1 is 1.24 bits per heavy atom. The standard InChI is InChI=1S/C13H16N2O2/c16-15(17)13-8-10-4-1-3-9(10)7-11(13)12-5-2-6-14-12/h7-8,12,14H,1-6H2/t12-/m0/s1. The summed E-state index contributed by atoms with van der Waals surface area (Å²) >= 11 is 0. The summed E-state index contributed by atoms with van der Waals surface area (Å²) in [7, 11) is 0. The van der Waals surface area contributed by atoms with Crippen molar-refractivity contribution >= 4 is 5.69 Å². The summed E-state index contributed by atoms with van der Waals surface area (Å²) in [5, 5.41) is 14.5. The molecule has 1 atom stereocenters. The van der Waals surface area contributed by atoms with E-state index >= 15 is 0 Å². The molecule has 1 aliphatic heterocycles. The Morgan fingerprint density at radius 2 is 2.00 bits per heavy atom. The summed E-state index contributed by atoms with van der Waals surface area (Å²) in [5.74, 6) is 0. The highest BCUT2D eigenvalue weighted by Crippen LogP contribution is 2.35. The Bertz CT molecular complexity index is 465. The second-order valence-electron chi connectivity index (χ2n) is 4.94. The molecular formula is C13H16N2O2. The molecule has 1 aromatic carbocycles. The zero-order chi connectivity index (χ0) is 11.8. The van der Waals surface area contributed by atoms with E-state index in [1.165, 1.54) is 11.1 Å². The van der Waals surface area contributed by atoms with Crippen LogP contribution in [0, 0.1) is 10.1 Å². The second-order valence-corrected chi connectivity index (χ2v) is 4.94. The van der Waals surface area contributed by atoms with E-state index in [0.717, 1.165) is 44.2 Å². The molecule has 4 nitrogen and oxygen atoms in total. The topological polar surface area (TPSA) is 55.2 Å². The summed E-state index contributed by atoms with van der Waals surface area (Å²) in [5.41, 5.74) is 3.70. The van der Waals surface area contributed by atoms with Crippen LogP contribution in [-0.2, 0) is 12.8 Å². The van der Waals surface area contributed by atoms with Crippen LogP contribution < -0.4 is 5.32 Å². The minimum absolute atomic E-state index is 0.182. The summed E-state index contributed by atoms with van der Waals surface area (Å²) in [6, 6.07) is 4.06. The molecule has 1 N–H and O–H groups in total. The van der Waals surface area contributed by atoms with Crippen LogP contribution in [-0.4, -0.2) is 11.5 Å². The van der Waals surface area contributed by atoms with Crippen molar-refractivity contribution in [2.75, 3.05) is 6.54 Å². The number of nitrogens with zero attached hydrogens (tertiary/aromatic N) is 1. The number of hydrogen-bond acceptors (Lipinski definition) is 3. The molecule has 1 saturated heterocycles. The molecule has 0 unspecified atom stereocenters. The quantitative estimate of drug-likeness (QED) is 0.629. The fourth-order valence-electron chi connectivity index (χ4n) is 3.02. The van der Waals surface area contributed by atoms with Crippen molar-refractivity contribution in [3.8, 4) is 0 Å². The van der Waals surface area contributed by atoms with Crippen LogP contribution >= 0.6 is 0 Å². The van der Waals surface area contributed by atoms with Crippen LogP contribution in [0.4, 0.5) is 5.69 Å². The molecule has 0 amide bonds. The molecule has 3 rings (SSSR count). The zero-order valence-corrected chi connectivity index (χ0v) is 9.74. The maximum absolute atomic E-state index is 11.2. The molecule has 1 fully saturated rings. The van der Waals surface area contributed by atoms with Crippen molar-refractivity contribution in [2.24, 2.45) is 0 Å². The first-order valence-corrected chi connectivity index (χ1v) is 6.29. The van der Waals surface area contributed by atoms with Gasteiger partial charge >= 0.3 is 0 Å². The van der Waals surface area contributed by atoms with Gasteiger partial charge in [0.1, 0.15) is 0 Å². The van der Waals surface area contributed by atoms with E-state index in [2.05, 4.69) is 11.4 Å². The fraction of sp³-hybridized carbons (Fsp3) is 0.538. The molecule has 0 radical (unpaired) electrons. The van der Waals surface area contributed by atoms with Crippen molar-refractivity contribution in [1.29, 1.82) is 0 Å². The Kier molecular flexibility index (Phi) is 2.59. The molecule has 4 heteroatoms. The highest BCUT2D eigenvalue weighted by atomic mass is 16.6. The Hall–Kier alpha value is -1.42. The van der Waals surface area contributed by atoms with E-state index in [9.17, 15) is 10.1 Å². The van der Waals surface area contributed by atoms with Gasteiger partial charge in [0.15, 0.2) is 0 Å². The van der Waals surface area contributed by atoms with Crippen LogP contribution in [0.25, 0.3) is 0 Å². The lowest BCUT2D eigenvalue weighted by molar-refractivity contribution is -0.385. The predicted octanol–water partition coefficient (Wildman–Crippen LogP) is 2.51. The summed E-state index contributed by atoms with van der Waals surface area (Å²) in [6.07, 6.45) is 5.33. The Morgan fingerprint density at radius 3 is 2.65 bits per heavy atom. The van der Waals surface area contributed by atoms with Crippen molar-refractivity contribution < 1.29 is 4.92 Å². The van der Waals surface area contributed by atoms with E-state index in [4.69, 9.17) is 0 Å². The van der Waals surface area contributed by atoms with Gasteiger partial charge in [-0.1, -0.05) is 0 Å². The largest absolute Gasteiger partial charge is 0.310 e. The highest BCUT2D eigenvalue weighted by Gasteiger charge is 2.27. The summed E-state index contributed by atoms with van der Waals surface area (Å²) < 4.78 is 0. The van der Waals surface area contributed by atoms with E-state index in [1.807, 2.05) is 0 Å². The normalized spacial score (nSPS) is 22.7. The summed E-state index contributed by atoms with van der Waals surface area (Å²) in [6.45, 7) is 0.971. The number of nitro groups is 1. The van der Waals surface area contributed by atoms with Crippen molar-refractivity contribution in [1.82, 2.24) is 5.32 Å². The lowest BCUT2D eigenvalue weighted by Crippen LogP contribution is -2.15. The van der Waals surface area contributed by atoms with E-state index in [1.54, 1.807) is 6.07 Å². The van der Waals surface area contributed by atoms with Gasteiger partial charge < -0.3 is 5.32 Å². The molecule has 1 aromatic rings. The van der Waals surface area contributed by atoms with Gasteiger partial charge in [-0.2, -0.15) is 0 Å². The van der Waals surface area contributed by atoms with Crippen LogP contribution in [0.1, 0.15) is 42.0 Å². The van der Waals surface area contributed by atoms with Crippen molar-refractivity contribution in [3.63, 3.8) is 0 Å². The van der Waals surface area contributed by atoms with Gasteiger partial charge in [-0.3, -0.25) is 10.1 Å². The van der Waals surface area contributed by atoms with Gasteiger partial charge in [-0.25, -0.2) is 0 Å². The maximum Gasteiger partial charge on any atom is 0.274 e. The third-order valence-corrected chi connectivity index (χ3v) is 3.87. The number of aryl methyl sites for hydroxylation is 2. The van der Waals surface area contributed by atoms with Gasteiger partial charge in [-0.15, -0.1) is 0 Å². The third-order valence-electron chi connectivity index (χ3n) is 3.87. The summed E-state index contributed by atoms with van der Waals surface area (Å²) in [4.78, 5) is 10.9. The highest BCUT2D eigenvalue weighted by molar-refractivity contribution is 5.50. The first-order valence-electron chi connectivity index (χ1n) is 6.29. The second kappa shape index (κ2) is 4.11. The van der Waals surface area contributed by atoms with E-state index in [-0.39, 0.29) is 11.0 Å². The molecule has 1 aliphatic carbocycles.